The molecule has 0 fully saturated rings. The first-order valence-electron chi connectivity index (χ1n) is 7.28. The first-order valence-corrected chi connectivity index (χ1v) is 9.92. The number of hydrogen-bond donors (Lipinski definition) is 1. The van der Waals surface area contributed by atoms with Crippen LogP contribution in [0.1, 0.15) is 11.1 Å². The number of anilines is 2. The lowest BCUT2D eigenvalue weighted by Crippen LogP contribution is -2.37. The Labute approximate surface area is 150 Å². The second-order valence-corrected chi connectivity index (χ2v) is 8.33. The number of carbonyl (C=O) groups is 1. The van der Waals surface area contributed by atoms with E-state index in [1.165, 1.54) is 0 Å². The largest absolute Gasteiger partial charge is 0.324 e. The lowest BCUT2D eigenvalue weighted by atomic mass is 10.2. The number of para-hydroxylation sites is 1. The Morgan fingerprint density at radius 2 is 1.79 bits per heavy atom. The summed E-state index contributed by atoms with van der Waals surface area (Å²) in [6.07, 6.45) is 1.09. The molecule has 1 N–H and O–H groups in total. The highest BCUT2D eigenvalue weighted by Crippen LogP contribution is 2.24. The molecule has 0 aromatic heterocycles. The second kappa shape index (κ2) is 7.36. The van der Waals surface area contributed by atoms with Crippen LogP contribution in [0.2, 0.25) is 0 Å². The quantitative estimate of drug-likeness (QED) is 0.820. The molecular formula is C17H19BrN2O3S. The van der Waals surface area contributed by atoms with E-state index in [1.807, 2.05) is 32.0 Å². The van der Waals surface area contributed by atoms with Gasteiger partial charge in [-0.05, 0) is 49.2 Å². The van der Waals surface area contributed by atoms with Crippen LogP contribution < -0.4 is 9.62 Å². The van der Waals surface area contributed by atoms with Crippen LogP contribution in [0.4, 0.5) is 11.4 Å². The molecule has 0 spiro atoms. The zero-order chi connectivity index (χ0) is 17.9. The molecule has 0 saturated carbocycles. The van der Waals surface area contributed by atoms with Crippen LogP contribution in [-0.2, 0) is 14.8 Å². The Hall–Kier alpha value is -1.86. The van der Waals surface area contributed by atoms with Crippen LogP contribution >= 0.6 is 15.9 Å². The lowest BCUT2D eigenvalue weighted by Gasteiger charge is -2.22. The molecule has 0 saturated heterocycles. The average molecular weight is 411 g/mol. The predicted molar refractivity (Wildman–Crippen MR) is 101 cm³/mol. The number of rotatable bonds is 5. The lowest BCUT2D eigenvalue weighted by molar-refractivity contribution is -0.114. The summed E-state index contributed by atoms with van der Waals surface area (Å²) >= 11 is 3.38. The summed E-state index contributed by atoms with van der Waals surface area (Å²) in [7, 11) is -3.59. The highest BCUT2D eigenvalue weighted by molar-refractivity contribution is 9.10. The summed E-state index contributed by atoms with van der Waals surface area (Å²) < 4.78 is 26.2. The summed E-state index contributed by atoms with van der Waals surface area (Å²) in [5.74, 6) is -0.393. The first kappa shape index (κ1) is 18.5. The molecule has 0 aliphatic carbocycles. The van der Waals surface area contributed by atoms with Gasteiger partial charge in [0.15, 0.2) is 0 Å². The number of nitrogens with one attached hydrogen (secondary N) is 1. The molecule has 5 nitrogen and oxygen atoms in total. The number of aryl methyl sites for hydroxylation is 2. The van der Waals surface area contributed by atoms with Gasteiger partial charge in [-0.3, -0.25) is 9.10 Å². The second-order valence-electron chi connectivity index (χ2n) is 5.57. The van der Waals surface area contributed by atoms with Crippen molar-refractivity contribution in [3.05, 3.63) is 58.1 Å². The molecular weight excluding hydrogens is 392 g/mol. The molecule has 0 radical (unpaired) electrons. The van der Waals surface area contributed by atoms with Gasteiger partial charge >= 0.3 is 0 Å². The van der Waals surface area contributed by atoms with E-state index in [-0.39, 0.29) is 6.54 Å². The molecule has 2 aromatic carbocycles. The van der Waals surface area contributed by atoms with Crippen molar-refractivity contribution in [3.8, 4) is 0 Å². The molecule has 0 aliphatic rings. The minimum Gasteiger partial charge on any atom is -0.324 e. The molecule has 24 heavy (non-hydrogen) atoms. The maximum Gasteiger partial charge on any atom is 0.245 e. The van der Waals surface area contributed by atoms with E-state index in [0.717, 1.165) is 26.2 Å². The predicted octanol–water partition coefficient (Wildman–Crippen LogP) is 3.47. The molecule has 2 aromatic rings. The van der Waals surface area contributed by atoms with Crippen LogP contribution in [0.5, 0.6) is 0 Å². The topological polar surface area (TPSA) is 66.5 Å². The number of sulfonamides is 1. The van der Waals surface area contributed by atoms with Crippen molar-refractivity contribution in [3.63, 3.8) is 0 Å². The molecule has 0 unspecified atom stereocenters. The molecule has 128 valence electrons. The van der Waals surface area contributed by atoms with E-state index in [9.17, 15) is 13.2 Å². The van der Waals surface area contributed by atoms with Crippen LogP contribution in [0, 0.1) is 13.8 Å². The summed E-state index contributed by atoms with van der Waals surface area (Å²) in [5, 5.41) is 2.75. The zero-order valence-corrected chi connectivity index (χ0v) is 16.1. The van der Waals surface area contributed by atoms with Crippen molar-refractivity contribution in [2.24, 2.45) is 0 Å². The zero-order valence-electron chi connectivity index (χ0n) is 13.7. The van der Waals surface area contributed by atoms with Crippen molar-refractivity contribution >= 4 is 43.2 Å². The number of hydrogen-bond acceptors (Lipinski definition) is 3. The normalized spacial score (nSPS) is 11.2. The van der Waals surface area contributed by atoms with Crippen LogP contribution in [0.25, 0.3) is 0 Å². The fraction of sp³-hybridized carbons (Fsp3) is 0.235. The molecule has 0 atom stereocenters. The maximum atomic E-state index is 12.3. The standard InChI is InChI=1S/C17H19BrN2O3S/c1-12-6-4-5-7-16(12)19-17(21)11-20(24(3,22)23)14-8-9-15(18)13(2)10-14/h4-10H,11H2,1-3H3,(H,19,21). The Bertz CT molecular complexity index is 866. The van der Waals surface area contributed by atoms with Crippen LogP contribution in [-0.4, -0.2) is 27.1 Å². The Balaban J connectivity index is 2.25. The number of benzene rings is 2. The third-order valence-corrected chi connectivity index (χ3v) is 5.57. The SMILES string of the molecule is Cc1cc(N(CC(=O)Nc2ccccc2C)S(C)(=O)=O)ccc1Br. The fourth-order valence-electron chi connectivity index (χ4n) is 2.22. The number of amides is 1. The molecule has 1 amide bonds. The molecule has 7 heteroatoms. The van der Waals surface area contributed by atoms with E-state index in [2.05, 4.69) is 21.2 Å². The first-order chi connectivity index (χ1) is 11.2. The smallest absolute Gasteiger partial charge is 0.245 e. The number of halogens is 1. The van der Waals surface area contributed by atoms with Gasteiger partial charge in [-0.15, -0.1) is 0 Å². The van der Waals surface area contributed by atoms with Crippen molar-refractivity contribution in [1.29, 1.82) is 0 Å². The van der Waals surface area contributed by atoms with Gasteiger partial charge in [0.05, 0.1) is 11.9 Å². The third-order valence-electron chi connectivity index (χ3n) is 3.54. The minimum atomic E-state index is -3.59. The van der Waals surface area contributed by atoms with Gasteiger partial charge in [0.25, 0.3) is 0 Å². The Morgan fingerprint density at radius 1 is 1.12 bits per heavy atom. The maximum absolute atomic E-state index is 12.3. The highest BCUT2D eigenvalue weighted by atomic mass is 79.9. The van der Waals surface area contributed by atoms with Crippen molar-refractivity contribution in [2.75, 3.05) is 22.4 Å². The third kappa shape index (κ3) is 4.58. The van der Waals surface area contributed by atoms with E-state index < -0.39 is 15.9 Å². The summed E-state index contributed by atoms with van der Waals surface area (Å²) in [6, 6.07) is 12.5. The van der Waals surface area contributed by atoms with Crippen LogP contribution in [0.3, 0.4) is 0 Å². The molecule has 0 heterocycles. The van der Waals surface area contributed by atoms with Crippen molar-refractivity contribution < 1.29 is 13.2 Å². The Morgan fingerprint density at radius 3 is 2.38 bits per heavy atom. The summed E-state index contributed by atoms with van der Waals surface area (Å²) in [4.78, 5) is 12.3. The van der Waals surface area contributed by atoms with E-state index in [1.54, 1.807) is 24.3 Å². The van der Waals surface area contributed by atoms with Crippen molar-refractivity contribution in [1.82, 2.24) is 0 Å². The summed E-state index contributed by atoms with van der Waals surface area (Å²) in [5.41, 5.74) is 2.93. The van der Waals surface area contributed by atoms with Gasteiger partial charge in [0.2, 0.25) is 15.9 Å². The molecule has 0 aliphatic heterocycles. The van der Waals surface area contributed by atoms with E-state index in [0.29, 0.717) is 11.4 Å². The molecule has 2 rings (SSSR count). The van der Waals surface area contributed by atoms with Crippen LogP contribution in [0.15, 0.2) is 46.9 Å². The van der Waals surface area contributed by atoms with E-state index in [4.69, 9.17) is 0 Å². The fourth-order valence-corrected chi connectivity index (χ4v) is 3.31. The Kier molecular flexibility index (Phi) is 5.66. The number of nitrogens with zero attached hydrogens (tertiary/aromatic N) is 1. The van der Waals surface area contributed by atoms with Gasteiger partial charge in [-0.2, -0.15) is 0 Å². The van der Waals surface area contributed by atoms with Gasteiger partial charge in [-0.25, -0.2) is 8.42 Å². The number of carbonyl (C=O) groups excluding carboxylic acids is 1. The van der Waals surface area contributed by atoms with Gasteiger partial charge in [-0.1, -0.05) is 34.1 Å². The van der Waals surface area contributed by atoms with Gasteiger partial charge in [0.1, 0.15) is 6.54 Å². The monoisotopic (exact) mass is 410 g/mol. The minimum absolute atomic E-state index is 0.283. The average Bonchev–Trinajstić information content (AvgIpc) is 2.49. The van der Waals surface area contributed by atoms with Gasteiger partial charge < -0.3 is 5.32 Å². The van der Waals surface area contributed by atoms with Gasteiger partial charge in [0, 0.05) is 10.2 Å². The van der Waals surface area contributed by atoms with E-state index >= 15 is 0 Å². The molecule has 0 bridgehead atoms. The highest BCUT2D eigenvalue weighted by Gasteiger charge is 2.21. The summed E-state index contributed by atoms with van der Waals surface area (Å²) in [6.45, 7) is 3.46. The van der Waals surface area contributed by atoms with Crippen molar-refractivity contribution in [2.45, 2.75) is 13.8 Å².